The van der Waals surface area contributed by atoms with Crippen LogP contribution in [0.2, 0.25) is 0 Å². The Hall–Kier alpha value is -3.06. The smallest absolute Gasteiger partial charge is 0.293 e. The van der Waals surface area contributed by atoms with E-state index in [1.54, 1.807) is 24.3 Å². The molecule has 0 spiro atoms. The number of carboxylic acid groups (broad SMARTS) is 1. The van der Waals surface area contributed by atoms with Crippen molar-refractivity contribution in [2.45, 2.75) is 6.54 Å². The van der Waals surface area contributed by atoms with Crippen LogP contribution in [0.15, 0.2) is 53.4 Å². The molecule has 3 rings (SSSR count). The number of thioether (sulfide) groups is 1. The van der Waals surface area contributed by atoms with E-state index in [2.05, 4.69) is 0 Å². The van der Waals surface area contributed by atoms with Gasteiger partial charge in [0.1, 0.15) is 5.75 Å². The molecule has 2 aromatic rings. The molecule has 0 aliphatic carbocycles. The second-order valence-electron chi connectivity index (χ2n) is 5.35. The van der Waals surface area contributed by atoms with E-state index in [0.29, 0.717) is 11.1 Å². The molecule has 1 N–H and O–H groups in total. The summed E-state index contributed by atoms with van der Waals surface area (Å²) in [6.07, 6.45) is 1.57. The molecule has 0 bridgehead atoms. The van der Waals surface area contributed by atoms with Crippen LogP contribution in [-0.4, -0.2) is 27.1 Å². The Balaban J connectivity index is 1.81. The summed E-state index contributed by atoms with van der Waals surface area (Å²) in [6.45, 7) is -0.0152. The van der Waals surface area contributed by atoms with Gasteiger partial charge in [-0.2, -0.15) is 0 Å². The molecule has 1 fully saturated rings. The molecular formula is C18H12NO5S-. The lowest BCUT2D eigenvalue weighted by atomic mass is 10.1. The van der Waals surface area contributed by atoms with E-state index in [1.165, 1.54) is 30.3 Å². The summed E-state index contributed by atoms with van der Waals surface area (Å²) in [5, 5.41) is 19.8. The number of aromatic hydroxyl groups is 1. The van der Waals surface area contributed by atoms with Gasteiger partial charge in [0, 0.05) is 0 Å². The van der Waals surface area contributed by atoms with Crippen LogP contribution in [-0.2, 0) is 11.3 Å². The van der Waals surface area contributed by atoms with Crippen molar-refractivity contribution in [1.29, 1.82) is 0 Å². The number of carbonyl (C=O) groups excluding carboxylic acids is 3. The maximum Gasteiger partial charge on any atom is 0.293 e. The monoisotopic (exact) mass is 354 g/mol. The van der Waals surface area contributed by atoms with Crippen LogP contribution < -0.4 is 5.11 Å². The number of phenolic OH excluding ortho intramolecular Hbond substituents is 1. The number of aromatic carboxylic acids is 1. The van der Waals surface area contributed by atoms with E-state index in [-0.39, 0.29) is 22.8 Å². The van der Waals surface area contributed by atoms with Crippen LogP contribution in [0.3, 0.4) is 0 Å². The minimum Gasteiger partial charge on any atom is -0.545 e. The molecular weight excluding hydrogens is 342 g/mol. The Morgan fingerprint density at radius 3 is 2.56 bits per heavy atom. The first-order valence-electron chi connectivity index (χ1n) is 7.29. The van der Waals surface area contributed by atoms with Gasteiger partial charge in [0.15, 0.2) is 0 Å². The fraction of sp³-hybridized carbons (Fsp3) is 0.0556. The molecule has 0 radical (unpaired) electrons. The third-order valence-corrected chi connectivity index (χ3v) is 4.48. The fourth-order valence-corrected chi connectivity index (χ4v) is 3.18. The van der Waals surface area contributed by atoms with Gasteiger partial charge >= 0.3 is 0 Å². The van der Waals surface area contributed by atoms with Gasteiger partial charge in [-0.3, -0.25) is 14.5 Å². The summed E-state index contributed by atoms with van der Waals surface area (Å²) in [6, 6.07) is 12.2. The first-order valence-corrected chi connectivity index (χ1v) is 8.10. The zero-order valence-electron chi connectivity index (χ0n) is 12.8. The number of benzene rings is 2. The number of amides is 2. The highest BCUT2D eigenvalue weighted by Crippen LogP contribution is 2.33. The minimum atomic E-state index is -1.32. The predicted octanol–water partition coefficient (Wildman–Crippen LogP) is 1.99. The number of hydrogen-bond donors (Lipinski definition) is 1. The summed E-state index contributed by atoms with van der Waals surface area (Å²) in [4.78, 5) is 36.8. The number of carbonyl (C=O) groups is 3. The number of phenols is 1. The van der Waals surface area contributed by atoms with Crippen molar-refractivity contribution in [2.75, 3.05) is 0 Å². The Morgan fingerprint density at radius 1 is 1.16 bits per heavy atom. The minimum absolute atomic E-state index is 0.0101. The molecule has 0 saturated carbocycles. The third kappa shape index (κ3) is 3.72. The molecule has 126 valence electrons. The van der Waals surface area contributed by atoms with Crippen LogP contribution in [0, 0.1) is 0 Å². The first-order chi connectivity index (χ1) is 11.9. The highest BCUT2D eigenvalue weighted by Gasteiger charge is 2.34. The average Bonchev–Trinajstić information content (AvgIpc) is 2.85. The second kappa shape index (κ2) is 6.82. The van der Waals surface area contributed by atoms with Crippen LogP contribution >= 0.6 is 11.8 Å². The molecule has 1 saturated heterocycles. The van der Waals surface area contributed by atoms with Gasteiger partial charge in [-0.05, 0) is 52.7 Å². The Bertz CT molecular complexity index is 889. The van der Waals surface area contributed by atoms with E-state index in [1.807, 2.05) is 0 Å². The molecule has 1 aliphatic heterocycles. The number of hydrogen-bond acceptors (Lipinski definition) is 6. The van der Waals surface area contributed by atoms with Crippen molar-refractivity contribution in [1.82, 2.24) is 4.90 Å². The molecule has 0 aromatic heterocycles. The Morgan fingerprint density at radius 2 is 1.88 bits per heavy atom. The molecule has 7 heteroatoms. The lowest BCUT2D eigenvalue weighted by Crippen LogP contribution is -2.28. The summed E-state index contributed by atoms with van der Waals surface area (Å²) in [5.74, 6) is -1.65. The average molecular weight is 354 g/mol. The van der Waals surface area contributed by atoms with Crippen LogP contribution in [0.1, 0.15) is 21.5 Å². The topological polar surface area (TPSA) is 97.7 Å². The number of carboxylic acids is 1. The van der Waals surface area contributed by atoms with Gasteiger partial charge in [-0.1, -0.05) is 30.3 Å². The lowest BCUT2D eigenvalue weighted by molar-refractivity contribution is -0.255. The zero-order chi connectivity index (χ0) is 18.0. The first kappa shape index (κ1) is 16.8. The van der Waals surface area contributed by atoms with E-state index in [0.717, 1.165) is 16.7 Å². The molecule has 0 unspecified atom stereocenters. The van der Waals surface area contributed by atoms with Gasteiger partial charge in [-0.25, -0.2) is 0 Å². The van der Waals surface area contributed by atoms with E-state index >= 15 is 0 Å². The maximum absolute atomic E-state index is 12.4. The second-order valence-corrected chi connectivity index (χ2v) is 6.34. The van der Waals surface area contributed by atoms with Crippen molar-refractivity contribution < 1.29 is 24.6 Å². The number of rotatable bonds is 4. The fourth-order valence-electron chi connectivity index (χ4n) is 2.34. The lowest BCUT2D eigenvalue weighted by Gasteiger charge is -2.13. The summed E-state index contributed by atoms with van der Waals surface area (Å²) < 4.78 is 0. The molecule has 2 amide bonds. The maximum atomic E-state index is 12.4. The normalized spacial score (nSPS) is 15.8. The molecule has 25 heavy (non-hydrogen) atoms. The van der Waals surface area contributed by atoms with Crippen molar-refractivity contribution in [3.8, 4) is 5.75 Å². The van der Waals surface area contributed by atoms with Crippen molar-refractivity contribution >= 4 is 35.0 Å². The molecule has 0 atom stereocenters. The summed E-state index contributed by atoms with van der Waals surface area (Å²) in [5.41, 5.74) is 1.20. The molecule has 6 nitrogen and oxygen atoms in total. The summed E-state index contributed by atoms with van der Waals surface area (Å²) in [7, 11) is 0. The highest BCUT2D eigenvalue weighted by atomic mass is 32.2. The molecule has 1 aliphatic rings. The van der Waals surface area contributed by atoms with Crippen LogP contribution in [0.25, 0.3) is 6.08 Å². The van der Waals surface area contributed by atoms with Gasteiger partial charge in [0.05, 0.1) is 17.4 Å². The van der Waals surface area contributed by atoms with Crippen LogP contribution in [0.5, 0.6) is 5.75 Å². The summed E-state index contributed by atoms with van der Waals surface area (Å²) >= 11 is 0.818. The third-order valence-electron chi connectivity index (χ3n) is 3.57. The quantitative estimate of drug-likeness (QED) is 0.843. The van der Waals surface area contributed by atoms with Gasteiger partial charge in [0.25, 0.3) is 11.1 Å². The van der Waals surface area contributed by atoms with E-state index < -0.39 is 17.1 Å². The predicted molar refractivity (Wildman–Crippen MR) is 90.4 cm³/mol. The van der Waals surface area contributed by atoms with Crippen LogP contribution in [0.4, 0.5) is 4.79 Å². The molecule has 1 heterocycles. The Kier molecular flexibility index (Phi) is 4.58. The van der Waals surface area contributed by atoms with Crippen molar-refractivity contribution in [2.24, 2.45) is 0 Å². The van der Waals surface area contributed by atoms with Crippen molar-refractivity contribution in [3.05, 3.63) is 70.1 Å². The van der Waals surface area contributed by atoms with Crippen molar-refractivity contribution in [3.63, 3.8) is 0 Å². The standard InChI is InChI=1S/C18H13NO5S/c20-14-6-4-11(5-7-14)9-15-16(21)19(18(24)25-15)10-12-2-1-3-13(8-12)17(22)23/h1-9,20H,10H2,(H,22,23)/p-1/b15-9-. The van der Waals surface area contributed by atoms with Gasteiger partial charge in [0.2, 0.25) is 0 Å². The van der Waals surface area contributed by atoms with E-state index in [4.69, 9.17) is 0 Å². The van der Waals surface area contributed by atoms with Gasteiger partial charge in [-0.15, -0.1) is 0 Å². The zero-order valence-corrected chi connectivity index (χ0v) is 13.7. The highest BCUT2D eigenvalue weighted by molar-refractivity contribution is 8.18. The largest absolute Gasteiger partial charge is 0.545 e. The molecule has 2 aromatic carbocycles. The SMILES string of the molecule is O=C([O-])c1cccc(CN2C(=O)S/C(=C\c3ccc(O)cc3)C2=O)c1. The number of imide groups is 1. The van der Waals surface area contributed by atoms with E-state index in [9.17, 15) is 24.6 Å². The number of nitrogens with zero attached hydrogens (tertiary/aromatic N) is 1. The van der Waals surface area contributed by atoms with Gasteiger partial charge < -0.3 is 15.0 Å². The Labute approximate surface area is 147 Å².